The van der Waals surface area contributed by atoms with Crippen LogP contribution >= 0.6 is 11.8 Å². The van der Waals surface area contributed by atoms with Gasteiger partial charge in [-0.2, -0.15) is 13.2 Å². The Kier molecular flexibility index (Phi) is 5.81. The summed E-state index contributed by atoms with van der Waals surface area (Å²) in [5.41, 5.74) is -3.75. The van der Waals surface area contributed by atoms with Gasteiger partial charge < -0.3 is 14.6 Å². The second-order valence-corrected chi connectivity index (χ2v) is 4.88. The van der Waals surface area contributed by atoms with Gasteiger partial charge in [0.1, 0.15) is 11.5 Å². The monoisotopic (exact) mass is 296 g/mol. The molecule has 1 aromatic carbocycles. The first-order valence-electron chi connectivity index (χ1n) is 5.53. The lowest BCUT2D eigenvalue weighted by molar-refractivity contribution is -0.0329. The number of aliphatic hydroxyl groups excluding tert-OH is 1. The van der Waals surface area contributed by atoms with Crippen molar-refractivity contribution in [2.75, 3.05) is 19.5 Å². The average molecular weight is 296 g/mol. The molecule has 0 aliphatic heterocycles. The van der Waals surface area contributed by atoms with Crippen LogP contribution in [0.4, 0.5) is 13.2 Å². The van der Waals surface area contributed by atoms with E-state index in [1.54, 1.807) is 25.1 Å². The van der Waals surface area contributed by atoms with E-state index in [1.807, 2.05) is 0 Å². The van der Waals surface area contributed by atoms with Crippen LogP contribution in [0.15, 0.2) is 18.2 Å². The summed E-state index contributed by atoms with van der Waals surface area (Å²) in [5, 5.41) is 9.55. The first kappa shape index (κ1) is 16.0. The Bertz CT molecular complexity index is 408. The first-order valence-corrected chi connectivity index (χ1v) is 6.51. The van der Waals surface area contributed by atoms with Crippen molar-refractivity contribution in [1.82, 2.24) is 0 Å². The fourth-order valence-corrected chi connectivity index (χ4v) is 1.82. The minimum absolute atomic E-state index is 0.100. The minimum Gasteiger partial charge on any atom is -0.497 e. The maximum atomic E-state index is 12.0. The van der Waals surface area contributed by atoms with E-state index in [0.717, 1.165) is 0 Å². The van der Waals surface area contributed by atoms with Crippen LogP contribution in [0, 0.1) is 0 Å². The predicted octanol–water partition coefficient (Wildman–Crippen LogP) is 3.38. The van der Waals surface area contributed by atoms with Crippen LogP contribution in [-0.2, 0) is 0 Å². The van der Waals surface area contributed by atoms with Gasteiger partial charge in [-0.15, -0.1) is 0 Å². The molecular formula is C12H15F3O3S. The van der Waals surface area contributed by atoms with Crippen LogP contribution in [0.1, 0.15) is 18.6 Å². The average Bonchev–Trinajstić information content (AvgIpc) is 2.33. The minimum atomic E-state index is -4.26. The molecule has 0 heterocycles. The standard InChI is InChI=1S/C12H15F3O3S/c1-8(16)10-4-3-9(17-2)7-11(10)18-5-6-19-12(13,14)15/h3-4,7-8,16H,5-6H2,1-2H3/t8-/m0/s1. The third-order valence-corrected chi connectivity index (χ3v) is 2.98. The Labute approximate surface area is 113 Å². The van der Waals surface area contributed by atoms with Gasteiger partial charge in [-0.25, -0.2) is 0 Å². The smallest absolute Gasteiger partial charge is 0.441 e. The maximum Gasteiger partial charge on any atom is 0.441 e. The van der Waals surface area contributed by atoms with Gasteiger partial charge in [-0.05, 0) is 30.8 Å². The third-order valence-electron chi connectivity index (χ3n) is 2.28. The molecule has 1 aromatic rings. The van der Waals surface area contributed by atoms with Crippen molar-refractivity contribution in [3.05, 3.63) is 23.8 Å². The second kappa shape index (κ2) is 6.91. The van der Waals surface area contributed by atoms with Gasteiger partial charge in [0.15, 0.2) is 0 Å². The molecule has 0 spiro atoms. The number of alkyl halides is 3. The summed E-state index contributed by atoms with van der Waals surface area (Å²) in [6, 6.07) is 4.81. The molecule has 0 aliphatic carbocycles. The van der Waals surface area contributed by atoms with E-state index in [4.69, 9.17) is 9.47 Å². The van der Waals surface area contributed by atoms with Gasteiger partial charge in [0.2, 0.25) is 0 Å². The number of benzene rings is 1. The zero-order valence-corrected chi connectivity index (χ0v) is 11.3. The Morgan fingerprint density at radius 3 is 2.58 bits per heavy atom. The normalized spacial score (nSPS) is 13.2. The molecule has 1 rings (SSSR count). The van der Waals surface area contributed by atoms with E-state index >= 15 is 0 Å². The van der Waals surface area contributed by atoms with E-state index in [1.165, 1.54) is 7.11 Å². The SMILES string of the molecule is COc1ccc([C@H](C)O)c(OCCSC(F)(F)F)c1. The molecule has 1 atom stereocenters. The highest BCUT2D eigenvalue weighted by Gasteiger charge is 2.27. The summed E-state index contributed by atoms with van der Waals surface area (Å²) < 4.78 is 46.1. The molecule has 19 heavy (non-hydrogen) atoms. The summed E-state index contributed by atoms with van der Waals surface area (Å²) in [5.74, 6) is 0.639. The molecule has 1 N–H and O–H groups in total. The lowest BCUT2D eigenvalue weighted by atomic mass is 10.1. The van der Waals surface area contributed by atoms with Crippen molar-refractivity contribution in [3.8, 4) is 11.5 Å². The Balaban J connectivity index is 2.65. The molecule has 0 fully saturated rings. The Morgan fingerprint density at radius 1 is 1.37 bits per heavy atom. The predicted molar refractivity (Wildman–Crippen MR) is 67.6 cm³/mol. The molecule has 0 amide bonds. The molecule has 0 aliphatic rings. The number of hydrogen-bond donors (Lipinski definition) is 1. The zero-order valence-electron chi connectivity index (χ0n) is 10.5. The number of rotatable bonds is 6. The number of thioether (sulfide) groups is 1. The number of halogens is 3. The van der Waals surface area contributed by atoms with Crippen LogP contribution < -0.4 is 9.47 Å². The summed E-state index contributed by atoms with van der Waals surface area (Å²) >= 11 is -0.142. The van der Waals surface area contributed by atoms with Crippen molar-refractivity contribution in [2.45, 2.75) is 18.5 Å². The zero-order chi connectivity index (χ0) is 14.5. The lowest BCUT2D eigenvalue weighted by Crippen LogP contribution is -2.09. The molecular weight excluding hydrogens is 281 g/mol. The van der Waals surface area contributed by atoms with Gasteiger partial charge >= 0.3 is 5.51 Å². The van der Waals surface area contributed by atoms with Crippen LogP contribution in [0.25, 0.3) is 0 Å². The summed E-state index contributed by atoms with van der Waals surface area (Å²) in [7, 11) is 1.47. The molecule has 7 heteroatoms. The number of hydrogen-bond acceptors (Lipinski definition) is 4. The van der Waals surface area contributed by atoms with Gasteiger partial charge in [0, 0.05) is 17.4 Å². The van der Waals surface area contributed by atoms with E-state index in [0.29, 0.717) is 17.1 Å². The maximum absolute atomic E-state index is 12.0. The largest absolute Gasteiger partial charge is 0.497 e. The van der Waals surface area contributed by atoms with Crippen LogP contribution in [0.3, 0.4) is 0 Å². The summed E-state index contributed by atoms with van der Waals surface area (Å²) in [4.78, 5) is 0. The van der Waals surface area contributed by atoms with E-state index < -0.39 is 11.6 Å². The van der Waals surface area contributed by atoms with Gasteiger partial charge in [0.05, 0.1) is 19.8 Å². The molecule has 0 saturated heterocycles. The Hall–Kier alpha value is -1.08. The quantitative estimate of drug-likeness (QED) is 0.817. The molecule has 0 aromatic heterocycles. The van der Waals surface area contributed by atoms with Crippen molar-refractivity contribution in [3.63, 3.8) is 0 Å². The second-order valence-electron chi connectivity index (χ2n) is 3.72. The fraction of sp³-hybridized carbons (Fsp3) is 0.500. The van der Waals surface area contributed by atoms with E-state index in [9.17, 15) is 18.3 Å². The van der Waals surface area contributed by atoms with Crippen molar-refractivity contribution in [2.24, 2.45) is 0 Å². The lowest BCUT2D eigenvalue weighted by Gasteiger charge is -2.15. The van der Waals surface area contributed by atoms with Crippen LogP contribution in [-0.4, -0.2) is 30.1 Å². The number of aliphatic hydroxyl groups is 1. The molecule has 0 radical (unpaired) electrons. The van der Waals surface area contributed by atoms with Gasteiger partial charge in [-0.1, -0.05) is 0 Å². The highest BCUT2D eigenvalue weighted by atomic mass is 32.2. The summed E-state index contributed by atoms with van der Waals surface area (Å²) in [6.45, 7) is 1.45. The first-order chi connectivity index (χ1) is 8.83. The molecule has 0 saturated carbocycles. The van der Waals surface area contributed by atoms with Gasteiger partial charge in [-0.3, -0.25) is 0 Å². The molecule has 3 nitrogen and oxygen atoms in total. The van der Waals surface area contributed by atoms with Crippen LogP contribution in [0.5, 0.6) is 11.5 Å². The Morgan fingerprint density at radius 2 is 2.05 bits per heavy atom. The highest BCUT2D eigenvalue weighted by molar-refractivity contribution is 8.00. The summed E-state index contributed by atoms with van der Waals surface area (Å²) in [6.07, 6.45) is -0.767. The molecule has 108 valence electrons. The van der Waals surface area contributed by atoms with Crippen LogP contribution in [0.2, 0.25) is 0 Å². The number of ether oxygens (including phenoxy) is 2. The molecule has 0 bridgehead atoms. The van der Waals surface area contributed by atoms with Gasteiger partial charge in [0.25, 0.3) is 0 Å². The van der Waals surface area contributed by atoms with E-state index in [-0.39, 0.29) is 24.1 Å². The third kappa shape index (κ3) is 5.61. The highest BCUT2D eigenvalue weighted by Crippen LogP contribution is 2.32. The van der Waals surface area contributed by atoms with E-state index in [2.05, 4.69) is 0 Å². The van der Waals surface area contributed by atoms with Crippen molar-refractivity contribution < 1.29 is 27.8 Å². The van der Waals surface area contributed by atoms with Crippen molar-refractivity contribution in [1.29, 1.82) is 0 Å². The topological polar surface area (TPSA) is 38.7 Å². The fourth-order valence-electron chi connectivity index (χ4n) is 1.42. The number of methoxy groups -OCH3 is 1. The van der Waals surface area contributed by atoms with Crippen molar-refractivity contribution >= 4 is 11.8 Å². The molecule has 0 unspecified atom stereocenters.